The summed E-state index contributed by atoms with van der Waals surface area (Å²) in [6.45, 7) is 0.682. The Kier molecular flexibility index (Phi) is 13.4. The number of benzene rings is 3. The molecule has 1 amide bonds. The minimum Gasteiger partial charge on any atom is -0.481 e. The standard InChI is InChI=1S/C38H44N2O6/c41-27-30(19-23-38(45)46)14-9-15-32(42)24-31-20-21-36(43)34(39-25-29-12-5-2-6-13-29)26-40(35-17-8-7-16-33(31)35)37(44)22-18-28-10-3-1-4-11-28/h1-8,10-13,16-17,27,30-31,34,39H,9,14-15,18-26H2,(H,45,46)/t30?,31?,34-/m0/s1. The average molecular weight is 625 g/mol. The van der Waals surface area contributed by atoms with E-state index in [1.165, 1.54) is 0 Å². The molecule has 0 aliphatic carbocycles. The van der Waals surface area contributed by atoms with Gasteiger partial charge in [0, 0.05) is 56.8 Å². The predicted octanol–water partition coefficient (Wildman–Crippen LogP) is 6.07. The molecule has 3 aromatic carbocycles. The molecule has 0 radical (unpaired) electrons. The summed E-state index contributed by atoms with van der Waals surface area (Å²) in [5.74, 6) is -1.63. The van der Waals surface area contributed by atoms with Gasteiger partial charge < -0.3 is 20.1 Å². The summed E-state index contributed by atoms with van der Waals surface area (Å²) in [5, 5.41) is 12.3. The number of carboxylic acids is 1. The number of carbonyl (C=O) groups excluding carboxylic acids is 4. The van der Waals surface area contributed by atoms with Crippen molar-refractivity contribution in [2.75, 3.05) is 11.4 Å². The number of Topliss-reactive ketones (excluding diaryl/α,β-unsaturated/α-hetero) is 2. The number of ketones is 2. The molecule has 1 aliphatic heterocycles. The lowest BCUT2D eigenvalue weighted by molar-refractivity contribution is -0.137. The Bertz CT molecular complexity index is 1460. The van der Waals surface area contributed by atoms with E-state index in [4.69, 9.17) is 5.11 Å². The molecule has 1 heterocycles. The number of nitrogens with zero attached hydrogens (tertiary/aromatic N) is 1. The molecule has 2 unspecified atom stereocenters. The molecule has 0 saturated heterocycles. The number of carboxylic acid groups (broad SMARTS) is 1. The minimum absolute atomic E-state index is 0.00861. The van der Waals surface area contributed by atoms with Gasteiger partial charge in [0.15, 0.2) is 5.78 Å². The lowest BCUT2D eigenvalue weighted by Gasteiger charge is -2.30. The first-order valence-corrected chi connectivity index (χ1v) is 16.3. The van der Waals surface area contributed by atoms with Crippen molar-refractivity contribution < 1.29 is 29.1 Å². The first kappa shape index (κ1) is 34.4. The SMILES string of the molecule is O=CC(CCCC(=O)CC1CCC(=O)[C@@H](NCc2ccccc2)CN(C(=O)CCc2ccccc2)c2ccccc21)CCC(=O)O. The Labute approximate surface area is 271 Å². The number of hydrogen-bond acceptors (Lipinski definition) is 6. The van der Waals surface area contributed by atoms with Gasteiger partial charge in [0.1, 0.15) is 12.1 Å². The van der Waals surface area contributed by atoms with Gasteiger partial charge >= 0.3 is 5.97 Å². The number of amides is 1. The van der Waals surface area contributed by atoms with Crippen molar-refractivity contribution in [1.82, 2.24) is 5.32 Å². The fraction of sp³-hybridized carbons (Fsp3) is 0.395. The van der Waals surface area contributed by atoms with Gasteiger partial charge in [0.25, 0.3) is 0 Å². The van der Waals surface area contributed by atoms with E-state index in [1.54, 1.807) is 4.90 Å². The first-order chi connectivity index (χ1) is 22.3. The van der Waals surface area contributed by atoms with Gasteiger partial charge in [-0.1, -0.05) is 78.9 Å². The number of rotatable bonds is 16. The van der Waals surface area contributed by atoms with Gasteiger partial charge in [-0.2, -0.15) is 0 Å². The smallest absolute Gasteiger partial charge is 0.303 e. The molecule has 0 saturated carbocycles. The maximum Gasteiger partial charge on any atom is 0.303 e. The lowest BCUT2D eigenvalue weighted by Crippen LogP contribution is -2.48. The molecule has 2 N–H and O–H groups in total. The summed E-state index contributed by atoms with van der Waals surface area (Å²) < 4.78 is 0. The minimum atomic E-state index is -0.943. The van der Waals surface area contributed by atoms with E-state index in [2.05, 4.69) is 5.32 Å². The highest BCUT2D eigenvalue weighted by Gasteiger charge is 2.31. The molecule has 242 valence electrons. The van der Waals surface area contributed by atoms with Crippen molar-refractivity contribution in [1.29, 1.82) is 0 Å². The summed E-state index contributed by atoms with van der Waals surface area (Å²) in [7, 11) is 0. The zero-order chi connectivity index (χ0) is 32.7. The number of anilines is 1. The second kappa shape index (κ2) is 17.9. The molecular formula is C38H44N2O6. The molecule has 0 spiro atoms. The molecule has 0 bridgehead atoms. The van der Waals surface area contributed by atoms with Crippen LogP contribution in [0, 0.1) is 5.92 Å². The second-order valence-corrected chi connectivity index (χ2v) is 12.1. The summed E-state index contributed by atoms with van der Waals surface area (Å²) in [4.78, 5) is 64.9. The largest absolute Gasteiger partial charge is 0.481 e. The van der Waals surface area contributed by atoms with E-state index in [9.17, 15) is 24.0 Å². The highest BCUT2D eigenvalue weighted by Crippen LogP contribution is 2.36. The van der Waals surface area contributed by atoms with Crippen LogP contribution >= 0.6 is 0 Å². The molecule has 46 heavy (non-hydrogen) atoms. The number of hydrogen-bond donors (Lipinski definition) is 2. The summed E-state index contributed by atoms with van der Waals surface area (Å²) in [6.07, 6.45) is 4.01. The monoisotopic (exact) mass is 624 g/mol. The van der Waals surface area contributed by atoms with Crippen LogP contribution in [0.15, 0.2) is 84.9 Å². The lowest BCUT2D eigenvalue weighted by atomic mass is 9.86. The van der Waals surface area contributed by atoms with Crippen molar-refractivity contribution in [3.8, 4) is 0 Å². The number of fused-ring (bicyclic) bond motifs is 1. The third-order valence-corrected chi connectivity index (χ3v) is 8.75. The van der Waals surface area contributed by atoms with Crippen molar-refractivity contribution in [2.24, 2.45) is 5.92 Å². The van der Waals surface area contributed by atoms with E-state index in [1.807, 2.05) is 84.9 Å². The highest BCUT2D eigenvalue weighted by atomic mass is 16.4. The molecule has 3 atom stereocenters. The van der Waals surface area contributed by atoms with Crippen LogP contribution in [0.1, 0.15) is 80.4 Å². The first-order valence-electron chi connectivity index (χ1n) is 16.3. The molecule has 4 rings (SSSR count). The van der Waals surface area contributed by atoms with Gasteiger partial charge in [0.2, 0.25) is 5.91 Å². The Morgan fingerprint density at radius 1 is 0.870 bits per heavy atom. The van der Waals surface area contributed by atoms with Crippen LogP contribution in [-0.4, -0.2) is 47.4 Å². The van der Waals surface area contributed by atoms with Gasteiger partial charge in [-0.15, -0.1) is 0 Å². The quantitative estimate of drug-likeness (QED) is 0.186. The zero-order valence-electron chi connectivity index (χ0n) is 26.3. The Hall–Kier alpha value is -4.43. The number of aldehydes is 1. The number of carbonyl (C=O) groups is 5. The summed E-state index contributed by atoms with van der Waals surface area (Å²) in [6, 6.07) is 26.8. The van der Waals surface area contributed by atoms with Crippen molar-refractivity contribution in [3.63, 3.8) is 0 Å². The number of aryl methyl sites for hydroxylation is 1. The maximum atomic E-state index is 14.0. The molecule has 1 aliphatic rings. The third kappa shape index (κ3) is 10.6. The van der Waals surface area contributed by atoms with Crippen LogP contribution in [0.3, 0.4) is 0 Å². The van der Waals surface area contributed by atoms with E-state index in [-0.39, 0.29) is 74.4 Å². The van der Waals surface area contributed by atoms with Crippen LogP contribution in [-0.2, 0) is 36.9 Å². The summed E-state index contributed by atoms with van der Waals surface area (Å²) >= 11 is 0. The van der Waals surface area contributed by atoms with E-state index in [0.29, 0.717) is 32.2 Å². The molecule has 0 fully saturated rings. The van der Waals surface area contributed by atoms with E-state index >= 15 is 0 Å². The second-order valence-electron chi connectivity index (χ2n) is 12.1. The molecule has 3 aromatic rings. The normalized spacial score (nSPS) is 17.2. The average Bonchev–Trinajstić information content (AvgIpc) is 3.12. The molecule has 8 heteroatoms. The number of para-hydroxylation sites is 1. The molecule has 8 nitrogen and oxygen atoms in total. The van der Waals surface area contributed by atoms with Gasteiger partial charge in [-0.05, 0) is 60.8 Å². The molecule has 0 aromatic heterocycles. The molecular weight excluding hydrogens is 580 g/mol. The maximum absolute atomic E-state index is 14.0. The topological polar surface area (TPSA) is 121 Å². The van der Waals surface area contributed by atoms with Gasteiger partial charge in [0.05, 0.1) is 6.04 Å². The van der Waals surface area contributed by atoms with Gasteiger partial charge in [-0.3, -0.25) is 19.2 Å². The highest BCUT2D eigenvalue weighted by molar-refractivity contribution is 5.96. The fourth-order valence-electron chi connectivity index (χ4n) is 6.13. The van der Waals surface area contributed by atoms with E-state index in [0.717, 1.165) is 28.7 Å². The van der Waals surface area contributed by atoms with E-state index < -0.39 is 12.0 Å². The van der Waals surface area contributed by atoms with Gasteiger partial charge in [-0.25, -0.2) is 0 Å². The van der Waals surface area contributed by atoms with Crippen LogP contribution in [0.4, 0.5) is 5.69 Å². The Morgan fingerprint density at radius 3 is 2.24 bits per heavy atom. The van der Waals surface area contributed by atoms with Crippen LogP contribution in [0.25, 0.3) is 0 Å². The Balaban J connectivity index is 1.53. The van der Waals surface area contributed by atoms with Crippen molar-refractivity contribution in [3.05, 3.63) is 102 Å². The van der Waals surface area contributed by atoms with Crippen molar-refractivity contribution >= 4 is 35.4 Å². The van der Waals surface area contributed by atoms with Crippen LogP contribution in [0.2, 0.25) is 0 Å². The Morgan fingerprint density at radius 2 is 1.54 bits per heavy atom. The van der Waals surface area contributed by atoms with Crippen LogP contribution in [0.5, 0.6) is 0 Å². The van der Waals surface area contributed by atoms with Crippen molar-refractivity contribution in [2.45, 2.75) is 82.7 Å². The predicted molar refractivity (Wildman–Crippen MR) is 178 cm³/mol. The third-order valence-electron chi connectivity index (χ3n) is 8.75. The summed E-state index contributed by atoms with van der Waals surface area (Å²) in [5.41, 5.74) is 3.72. The number of aliphatic carboxylic acids is 1. The van der Waals surface area contributed by atoms with Crippen LogP contribution < -0.4 is 10.2 Å². The number of nitrogens with one attached hydrogen (secondary N) is 1. The zero-order valence-corrected chi connectivity index (χ0v) is 26.3. The fourth-order valence-corrected chi connectivity index (χ4v) is 6.13.